The van der Waals surface area contributed by atoms with Crippen molar-refractivity contribution in [1.29, 1.82) is 0 Å². The average molecular weight is 343 g/mol. The van der Waals surface area contributed by atoms with Gasteiger partial charge in [0.1, 0.15) is 0 Å². The van der Waals surface area contributed by atoms with E-state index in [-0.39, 0.29) is 6.04 Å². The molecule has 0 bridgehead atoms. The van der Waals surface area contributed by atoms with Crippen LogP contribution in [0.2, 0.25) is 5.02 Å². The Bertz CT molecular complexity index is 677. The lowest BCUT2D eigenvalue weighted by atomic mass is 9.99. The molecule has 2 N–H and O–H groups in total. The minimum absolute atomic E-state index is 0.262. The summed E-state index contributed by atoms with van der Waals surface area (Å²) < 4.78 is 0. The van der Waals surface area contributed by atoms with Gasteiger partial charge in [-0.3, -0.25) is 0 Å². The van der Waals surface area contributed by atoms with Gasteiger partial charge in [0, 0.05) is 28.7 Å². The number of nitrogens with one attached hydrogen (secondary N) is 2. The van der Waals surface area contributed by atoms with E-state index in [2.05, 4.69) is 48.5 Å². The van der Waals surface area contributed by atoms with E-state index in [4.69, 9.17) is 11.6 Å². The van der Waals surface area contributed by atoms with Crippen molar-refractivity contribution in [3.8, 4) is 11.8 Å². The van der Waals surface area contributed by atoms with Gasteiger partial charge in [0.25, 0.3) is 0 Å². The molecule has 2 aliphatic rings. The summed E-state index contributed by atoms with van der Waals surface area (Å²) in [4.78, 5) is 0. The van der Waals surface area contributed by atoms with E-state index in [1.807, 2.05) is 6.07 Å². The van der Waals surface area contributed by atoms with E-state index in [0.717, 1.165) is 42.9 Å². The van der Waals surface area contributed by atoms with Gasteiger partial charge in [-0.05, 0) is 56.8 Å². The van der Waals surface area contributed by atoms with Crippen LogP contribution < -0.4 is 10.6 Å². The van der Waals surface area contributed by atoms with E-state index < -0.39 is 0 Å². The van der Waals surface area contributed by atoms with E-state index in [1.54, 1.807) is 0 Å². The van der Waals surface area contributed by atoms with Gasteiger partial charge < -0.3 is 10.6 Å². The molecular weight excluding hydrogens is 316 g/mol. The van der Waals surface area contributed by atoms with Gasteiger partial charge in [0.05, 0.1) is 6.04 Å². The largest absolute Gasteiger partial charge is 0.380 e. The van der Waals surface area contributed by atoms with Gasteiger partial charge in [-0.1, -0.05) is 48.4 Å². The Morgan fingerprint density at radius 1 is 1.38 bits per heavy atom. The summed E-state index contributed by atoms with van der Waals surface area (Å²) in [6.07, 6.45) is 5.82. The fraction of sp³-hybridized carbons (Fsp3) is 0.524. The summed E-state index contributed by atoms with van der Waals surface area (Å²) in [6, 6.07) is 6.55. The molecule has 0 saturated heterocycles. The third-order valence-electron chi connectivity index (χ3n) is 4.79. The molecule has 1 aliphatic carbocycles. The Hall–Kier alpha value is -1.43. The van der Waals surface area contributed by atoms with Gasteiger partial charge in [0.2, 0.25) is 0 Å². The Labute approximate surface area is 151 Å². The van der Waals surface area contributed by atoms with Crippen LogP contribution in [0.15, 0.2) is 29.5 Å². The molecule has 1 unspecified atom stereocenters. The number of benzene rings is 1. The fourth-order valence-corrected chi connectivity index (χ4v) is 3.38. The highest BCUT2D eigenvalue weighted by Gasteiger charge is 2.19. The molecule has 24 heavy (non-hydrogen) atoms. The monoisotopic (exact) mass is 342 g/mol. The third-order valence-corrected chi connectivity index (χ3v) is 5.12. The predicted molar refractivity (Wildman–Crippen MR) is 102 cm³/mol. The highest BCUT2D eigenvalue weighted by Crippen LogP contribution is 2.30. The Morgan fingerprint density at radius 3 is 2.88 bits per heavy atom. The summed E-state index contributed by atoms with van der Waals surface area (Å²) >= 11 is 6.61. The zero-order chi connectivity index (χ0) is 16.9. The number of hydrogen-bond donors (Lipinski definition) is 2. The maximum absolute atomic E-state index is 6.61. The van der Waals surface area contributed by atoms with Crippen molar-refractivity contribution >= 4 is 11.6 Å². The van der Waals surface area contributed by atoms with Crippen LogP contribution in [-0.2, 0) is 0 Å². The standard InChI is InChI=1S/C21H27ClN2/c1-3-4-20(24-21-14-23-12-11-15(21)2)18-10-9-17(13-19(18)22)8-7-16-5-6-16/h9-10,13,16,20,23-24H,3-6,11-12,14H2,1-2H3. The first kappa shape index (κ1) is 17.4. The van der Waals surface area contributed by atoms with Crippen LogP contribution in [0.5, 0.6) is 0 Å². The molecule has 2 nitrogen and oxygen atoms in total. The molecule has 0 amide bonds. The van der Waals surface area contributed by atoms with E-state index in [0.29, 0.717) is 5.92 Å². The van der Waals surface area contributed by atoms with Crippen molar-refractivity contribution in [1.82, 2.24) is 10.6 Å². The molecule has 128 valence electrons. The van der Waals surface area contributed by atoms with Crippen molar-refractivity contribution in [3.63, 3.8) is 0 Å². The lowest BCUT2D eigenvalue weighted by Crippen LogP contribution is -2.33. The Balaban J connectivity index is 1.78. The van der Waals surface area contributed by atoms with Crippen LogP contribution in [0, 0.1) is 17.8 Å². The van der Waals surface area contributed by atoms with Gasteiger partial charge in [-0.25, -0.2) is 0 Å². The molecule has 1 atom stereocenters. The van der Waals surface area contributed by atoms with Crippen LogP contribution in [0.4, 0.5) is 0 Å². The van der Waals surface area contributed by atoms with Crippen LogP contribution in [0.1, 0.15) is 63.1 Å². The first-order valence-electron chi connectivity index (χ1n) is 9.14. The third kappa shape index (κ3) is 4.56. The molecule has 0 aromatic heterocycles. The molecule has 1 heterocycles. The zero-order valence-electron chi connectivity index (χ0n) is 14.7. The number of halogens is 1. The molecule has 1 aliphatic heterocycles. The Kier molecular flexibility index (Phi) is 5.87. The molecule has 1 aromatic carbocycles. The minimum atomic E-state index is 0.262. The van der Waals surface area contributed by atoms with E-state index in [1.165, 1.54) is 29.7 Å². The lowest BCUT2D eigenvalue weighted by molar-refractivity contribution is 0.512. The number of hydrogen-bond acceptors (Lipinski definition) is 2. The quantitative estimate of drug-likeness (QED) is 0.751. The smallest absolute Gasteiger partial charge is 0.0525 e. The van der Waals surface area contributed by atoms with Gasteiger partial charge >= 0.3 is 0 Å². The van der Waals surface area contributed by atoms with Crippen molar-refractivity contribution in [3.05, 3.63) is 45.6 Å². The topological polar surface area (TPSA) is 24.1 Å². The molecule has 1 aromatic rings. The second-order valence-electron chi connectivity index (χ2n) is 6.95. The second kappa shape index (κ2) is 8.10. The van der Waals surface area contributed by atoms with E-state index >= 15 is 0 Å². The molecule has 3 rings (SSSR count). The van der Waals surface area contributed by atoms with Crippen molar-refractivity contribution in [2.45, 2.75) is 52.0 Å². The second-order valence-corrected chi connectivity index (χ2v) is 7.36. The summed E-state index contributed by atoms with van der Waals surface area (Å²) in [5.41, 5.74) is 4.99. The zero-order valence-corrected chi connectivity index (χ0v) is 15.5. The highest BCUT2D eigenvalue weighted by atomic mass is 35.5. The molecule has 0 spiro atoms. The minimum Gasteiger partial charge on any atom is -0.380 e. The maximum Gasteiger partial charge on any atom is 0.0525 e. The summed E-state index contributed by atoms with van der Waals surface area (Å²) in [6.45, 7) is 6.45. The van der Waals surface area contributed by atoms with Gasteiger partial charge in [0.15, 0.2) is 0 Å². The van der Waals surface area contributed by atoms with Crippen LogP contribution in [-0.4, -0.2) is 13.1 Å². The van der Waals surface area contributed by atoms with Crippen LogP contribution in [0.3, 0.4) is 0 Å². The number of rotatable bonds is 5. The first-order chi connectivity index (χ1) is 11.7. The lowest BCUT2D eigenvalue weighted by Gasteiger charge is -2.27. The molecule has 1 saturated carbocycles. The summed E-state index contributed by atoms with van der Waals surface area (Å²) in [7, 11) is 0. The average Bonchev–Trinajstić information content (AvgIpc) is 3.39. The normalized spacial score (nSPS) is 18.8. The Morgan fingerprint density at radius 2 is 2.21 bits per heavy atom. The van der Waals surface area contributed by atoms with Gasteiger partial charge in [-0.15, -0.1) is 0 Å². The summed E-state index contributed by atoms with van der Waals surface area (Å²) in [5.74, 6) is 7.18. The molecule has 1 fully saturated rings. The highest BCUT2D eigenvalue weighted by molar-refractivity contribution is 6.31. The first-order valence-corrected chi connectivity index (χ1v) is 9.52. The fourth-order valence-electron chi connectivity index (χ4n) is 3.07. The molecular formula is C21H27ClN2. The summed E-state index contributed by atoms with van der Waals surface area (Å²) in [5, 5.41) is 8.01. The van der Waals surface area contributed by atoms with E-state index in [9.17, 15) is 0 Å². The molecule has 0 radical (unpaired) electrons. The van der Waals surface area contributed by atoms with Gasteiger partial charge in [-0.2, -0.15) is 0 Å². The maximum atomic E-state index is 6.61. The predicted octanol–water partition coefficient (Wildman–Crippen LogP) is 4.80. The van der Waals surface area contributed by atoms with Crippen LogP contribution >= 0.6 is 11.6 Å². The van der Waals surface area contributed by atoms with Crippen molar-refractivity contribution in [2.75, 3.05) is 13.1 Å². The SMILES string of the molecule is CCCC(NC1=C(C)CCNC1)c1ccc(C#CC2CC2)cc1Cl. The molecule has 3 heteroatoms. The van der Waals surface area contributed by atoms with Crippen molar-refractivity contribution < 1.29 is 0 Å². The van der Waals surface area contributed by atoms with Crippen LogP contribution in [0.25, 0.3) is 0 Å². The van der Waals surface area contributed by atoms with Crippen molar-refractivity contribution in [2.24, 2.45) is 5.92 Å².